The summed E-state index contributed by atoms with van der Waals surface area (Å²) in [5.41, 5.74) is 2.17. The lowest BCUT2D eigenvalue weighted by Crippen LogP contribution is -2.51. The molecule has 6 nitrogen and oxygen atoms in total. The van der Waals surface area contributed by atoms with Gasteiger partial charge in [0.05, 0.1) is 24.7 Å². The number of methoxy groups -OCH3 is 1. The largest absolute Gasteiger partial charge is 0.496 e. The van der Waals surface area contributed by atoms with Crippen LogP contribution in [-0.2, 0) is 11.2 Å². The van der Waals surface area contributed by atoms with E-state index in [2.05, 4.69) is 38.3 Å². The Morgan fingerprint density at radius 1 is 0.974 bits per heavy atom. The summed E-state index contributed by atoms with van der Waals surface area (Å²) in [6.07, 6.45) is 12.1. The van der Waals surface area contributed by atoms with Gasteiger partial charge < -0.3 is 20.1 Å². The molecule has 1 aromatic carbocycles. The molecule has 2 N–H and O–H groups in total. The molecule has 0 spiro atoms. The van der Waals surface area contributed by atoms with Crippen LogP contribution in [0, 0.1) is 28.6 Å². The van der Waals surface area contributed by atoms with Crippen molar-refractivity contribution in [2.75, 3.05) is 13.7 Å². The van der Waals surface area contributed by atoms with Crippen LogP contribution in [0.4, 0.5) is 0 Å². The first kappa shape index (κ1) is 27.3. The Balaban J connectivity index is 1.31. The van der Waals surface area contributed by atoms with Crippen molar-refractivity contribution in [3.8, 4) is 11.5 Å². The van der Waals surface area contributed by atoms with Crippen molar-refractivity contribution in [2.24, 2.45) is 28.6 Å². The average molecular weight is 525 g/mol. The zero-order valence-electron chi connectivity index (χ0n) is 24.2. The molecule has 4 aliphatic rings. The molecule has 0 aromatic heterocycles. The molecular weight excluding hydrogens is 476 g/mol. The van der Waals surface area contributed by atoms with Crippen molar-refractivity contribution in [3.63, 3.8) is 0 Å². The van der Waals surface area contributed by atoms with Crippen LogP contribution in [0.3, 0.4) is 0 Å². The lowest BCUT2D eigenvalue weighted by molar-refractivity contribution is -0.128. The van der Waals surface area contributed by atoms with Crippen LogP contribution in [0.1, 0.15) is 108 Å². The van der Waals surface area contributed by atoms with Gasteiger partial charge in [-0.1, -0.05) is 34.1 Å². The molecular formula is C32H48N2O4. The number of nitrogens with one attached hydrogen (secondary N) is 2. The SMILES string of the molecule is CCc1cc(OC)c(C(=O)N[C@@H]2[C@H]3CC[C@H](C3)[C@@H]2C(=O)NCC2(C)CCC2)cc1OC1CCC(C)(C)CC1. The number of rotatable bonds is 9. The quantitative estimate of drug-likeness (QED) is 0.412. The third-order valence-electron chi connectivity index (χ3n) is 10.4. The minimum atomic E-state index is -0.166. The molecule has 0 aliphatic heterocycles. The van der Waals surface area contributed by atoms with Gasteiger partial charge in [0, 0.05) is 12.6 Å². The number of amides is 2. The summed E-state index contributed by atoms with van der Waals surface area (Å²) in [5, 5.41) is 6.56. The number of aryl methyl sites for hydroxylation is 1. The smallest absolute Gasteiger partial charge is 0.255 e. The highest BCUT2D eigenvalue weighted by Crippen LogP contribution is 2.49. The van der Waals surface area contributed by atoms with Crippen LogP contribution < -0.4 is 20.1 Å². The second-order valence-electron chi connectivity index (χ2n) is 13.7. The minimum absolute atomic E-state index is 0.119. The number of hydrogen-bond acceptors (Lipinski definition) is 4. The molecule has 4 fully saturated rings. The first-order valence-electron chi connectivity index (χ1n) is 15.1. The second kappa shape index (κ2) is 10.7. The summed E-state index contributed by atoms with van der Waals surface area (Å²) in [4.78, 5) is 27.1. The van der Waals surface area contributed by atoms with Crippen LogP contribution in [0.25, 0.3) is 0 Å². The second-order valence-corrected chi connectivity index (χ2v) is 13.7. The third kappa shape index (κ3) is 5.56. The van der Waals surface area contributed by atoms with Gasteiger partial charge in [0.1, 0.15) is 11.5 Å². The van der Waals surface area contributed by atoms with Gasteiger partial charge in [-0.3, -0.25) is 9.59 Å². The van der Waals surface area contributed by atoms with Crippen LogP contribution in [0.5, 0.6) is 11.5 Å². The number of fused-ring (bicyclic) bond motifs is 2. The Bertz CT molecular complexity index is 1040. The minimum Gasteiger partial charge on any atom is -0.496 e. The van der Waals surface area contributed by atoms with Crippen molar-refractivity contribution >= 4 is 11.8 Å². The molecule has 210 valence electrons. The highest BCUT2D eigenvalue weighted by molar-refractivity contribution is 5.98. The van der Waals surface area contributed by atoms with Crippen molar-refractivity contribution in [2.45, 2.75) is 110 Å². The Kier molecular flexibility index (Phi) is 7.72. The summed E-state index contributed by atoms with van der Waals surface area (Å²) in [6.45, 7) is 9.76. The predicted molar refractivity (Wildman–Crippen MR) is 150 cm³/mol. The van der Waals surface area contributed by atoms with E-state index in [1.54, 1.807) is 7.11 Å². The van der Waals surface area contributed by atoms with Crippen LogP contribution in [0.15, 0.2) is 12.1 Å². The maximum Gasteiger partial charge on any atom is 0.255 e. The summed E-state index contributed by atoms with van der Waals surface area (Å²) >= 11 is 0. The first-order chi connectivity index (χ1) is 18.1. The van der Waals surface area contributed by atoms with Crippen LogP contribution in [-0.4, -0.2) is 37.6 Å². The van der Waals surface area contributed by atoms with Crippen molar-refractivity contribution in [1.29, 1.82) is 0 Å². The van der Waals surface area contributed by atoms with E-state index < -0.39 is 0 Å². The molecule has 6 heteroatoms. The highest BCUT2D eigenvalue weighted by Gasteiger charge is 2.51. The standard InChI is InChI=1S/C32H48N2O4/c1-6-20-17-26(37-5)24(18-25(20)38-23-10-14-31(2,3)15-11-23)29(35)34-28-22-9-8-21(16-22)27(28)30(36)33-19-32(4)12-7-13-32/h17-18,21-23,27-28H,6-16,19H2,1-5H3,(H,33,36)(H,34,35)/t21-,22+,27+,28-/m1/s1. The Morgan fingerprint density at radius 2 is 1.68 bits per heavy atom. The maximum absolute atomic E-state index is 13.7. The lowest BCUT2D eigenvalue weighted by Gasteiger charge is -2.39. The molecule has 0 saturated heterocycles. The van der Waals surface area contributed by atoms with E-state index in [9.17, 15) is 9.59 Å². The lowest BCUT2D eigenvalue weighted by atomic mass is 9.70. The predicted octanol–water partition coefficient (Wildman–Crippen LogP) is 6.06. The molecule has 4 atom stereocenters. The average Bonchev–Trinajstić information content (AvgIpc) is 3.49. The van der Waals surface area contributed by atoms with E-state index in [-0.39, 0.29) is 35.3 Å². The number of ether oxygens (including phenoxy) is 2. The maximum atomic E-state index is 13.7. The van der Waals surface area contributed by atoms with E-state index in [0.29, 0.717) is 28.6 Å². The first-order valence-corrected chi connectivity index (χ1v) is 15.1. The summed E-state index contributed by atoms with van der Waals surface area (Å²) < 4.78 is 12.2. The molecule has 0 radical (unpaired) electrons. The highest BCUT2D eigenvalue weighted by atomic mass is 16.5. The van der Waals surface area contributed by atoms with Crippen LogP contribution in [0.2, 0.25) is 0 Å². The zero-order valence-corrected chi connectivity index (χ0v) is 24.2. The normalized spacial score (nSPS) is 29.4. The van der Waals surface area contributed by atoms with Gasteiger partial charge in [0.15, 0.2) is 0 Å². The molecule has 4 aliphatic carbocycles. The summed E-state index contributed by atoms with van der Waals surface area (Å²) in [5.74, 6) is 1.88. The Morgan fingerprint density at radius 3 is 2.32 bits per heavy atom. The third-order valence-corrected chi connectivity index (χ3v) is 10.4. The molecule has 4 saturated carbocycles. The summed E-state index contributed by atoms with van der Waals surface area (Å²) in [6, 6.07) is 3.71. The number of benzene rings is 1. The number of hydrogen-bond donors (Lipinski definition) is 2. The Labute approximate surface area is 229 Å². The van der Waals surface area contributed by atoms with E-state index in [0.717, 1.165) is 69.2 Å². The monoisotopic (exact) mass is 524 g/mol. The van der Waals surface area contributed by atoms with Crippen molar-refractivity contribution < 1.29 is 19.1 Å². The van der Waals surface area contributed by atoms with Gasteiger partial charge in [0.25, 0.3) is 5.91 Å². The topological polar surface area (TPSA) is 76.7 Å². The fourth-order valence-corrected chi connectivity index (χ4v) is 7.49. The van der Waals surface area contributed by atoms with Gasteiger partial charge >= 0.3 is 0 Å². The van der Waals surface area contributed by atoms with Gasteiger partial charge in [-0.15, -0.1) is 0 Å². The van der Waals surface area contributed by atoms with E-state index in [4.69, 9.17) is 9.47 Å². The van der Waals surface area contributed by atoms with E-state index in [1.807, 2.05) is 12.1 Å². The fourth-order valence-electron chi connectivity index (χ4n) is 7.49. The van der Waals surface area contributed by atoms with Crippen LogP contribution >= 0.6 is 0 Å². The number of carbonyl (C=O) groups is 2. The van der Waals surface area contributed by atoms with Gasteiger partial charge in [-0.2, -0.15) is 0 Å². The molecule has 38 heavy (non-hydrogen) atoms. The van der Waals surface area contributed by atoms with E-state index in [1.165, 1.54) is 19.3 Å². The molecule has 2 bridgehead atoms. The Hall–Kier alpha value is -2.24. The number of carbonyl (C=O) groups excluding carboxylic acids is 2. The molecule has 0 unspecified atom stereocenters. The van der Waals surface area contributed by atoms with Gasteiger partial charge in [0.2, 0.25) is 5.91 Å². The molecule has 0 heterocycles. The van der Waals surface area contributed by atoms with Crippen molar-refractivity contribution in [3.05, 3.63) is 23.3 Å². The van der Waals surface area contributed by atoms with E-state index >= 15 is 0 Å². The zero-order chi connectivity index (χ0) is 27.1. The van der Waals surface area contributed by atoms with Gasteiger partial charge in [-0.05, 0) is 105 Å². The fraction of sp³-hybridized carbons (Fsp3) is 0.750. The van der Waals surface area contributed by atoms with Crippen molar-refractivity contribution in [1.82, 2.24) is 10.6 Å². The molecule has 2 amide bonds. The van der Waals surface area contributed by atoms with Gasteiger partial charge in [-0.25, -0.2) is 0 Å². The summed E-state index contributed by atoms with van der Waals surface area (Å²) in [7, 11) is 1.62. The molecule has 5 rings (SSSR count). The molecule has 1 aromatic rings.